The van der Waals surface area contributed by atoms with E-state index in [9.17, 15) is 14.7 Å². The Morgan fingerprint density at radius 2 is 1.82 bits per heavy atom. The summed E-state index contributed by atoms with van der Waals surface area (Å²) < 4.78 is 1.59. The number of aromatic hydroxyl groups is 1. The highest BCUT2D eigenvalue weighted by molar-refractivity contribution is 6.08. The van der Waals surface area contributed by atoms with Crippen molar-refractivity contribution in [3.63, 3.8) is 0 Å². The number of aryl methyl sites for hydroxylation is 1. The molecule has 1 aromatic carbocycles. The fourth-order valence-corrected chi connectivity index (χ4v) is 3.31. The largest absolute Gasteiger partial charge is 0.506 e. The van der Waals surface area contributed by atoms with Crippen LogP contribution in [0.3, 0.4) is 0 Å². The smallest absolute Gasteiger partial charge is 0.267 e. The Hall–Kier alpha value is -3.15. The molecule has 1 amide bonds. The third kappa shape index (κ3) is 4.22. The number of carbonyl (C=O) groups is 1. The number of para-hydroxylation sites is 1. The van der Waals surface area contributed by atoms with Gasteiger partial charge in [0.2, 0.25) is 0 Å². The standard InChI is InChI=1S/C22H25N3O3/c1-2-3-4-5-10-15-25-17-12-7-6-11-16(17)20(26)19(22(25)28)21(27)24-18-13-8-9-14-23-18/h6-9,11-14,26H,2-5,10,15H2,1H3,(H,23,24,27). The number of unbranched alkanes of at least 4 members (excludes halogenated alkanes) is 4. The second kappa shape index (κ2) is 9.17. The van der Waals surface area contributed by atoms with Crippen molar-refractivity contribution >= 4 is 22.6 Å². The van der Waals surface area contributed by atoms with E-state index in [0.717, 1.165) is 25.7 Å². The molecule has 2 heterocycles. The molecule has 0 unspecified atom stereocenters. The van der Waals surface area contributed by atoms with Crippen LogP contribution >= 0.6 is 0 Å². The van der Waals surface area contributed by atoms with Gasteiger partial charge >= 0.3 is 0 Å². The molecule has 2 aromatic heterocycles. The normalized spacial score (nSPS) is 10.9. The van der Waals surface area contributed by atoms with Crippen molar-refractivity contribution in [2.45, 2.75) is 45.6 Å². The molecule has 3 rings (SSSR count). The summed E-state index contributed by atoms with van der Waals surface area (Å²) >= 11 is 0. The van der Waals surface area contributed by atoms with Gasteiger partial charge in [-0.2, -0.15) is 0 Å². The molecule has 0 atom stereocenters. The molecule has 0 saturated heterocycles. The van der Waals surface area contributed by atoms with Crippen molar-refractivity contribution in [3.05, 3.63) is 64.6 Å². The van der Waals surface area contributed by atoms with Crippen LogP contribution in [0, 0.1) is 0 Å². The van der Waals surface area contributed by atoms with Gasteiger partial charge in [-0.3, -0.25) is 9.59 Å². The number of hydrogen-bond acceptors (Lipinski definition) is 4. The Morgan fingerprint density at radius 1 is 1.07 bits per heavy atom. The number of pyridine rings is 2. The zero-order valence-corrected chi connectivity index (χ0v) is 16.0. The number of carbonyl (C=O) groups excluding carboxylic acids is 1. The Labute approximate surface area is 163 Å². The van der Waals surface area contributed by atoms with Crippen LogP contribution in [0.15, 0.2) is 53.5 Å². The summed E-state index contributed by atoms with van der Waals surface area (Å²) in [6.07, 6.45) is 6.85. The highest BCUT2D eigenvalue weighted by atomic mass is 16.3. The molecule has 0 radical (unpaired) electrons. The second-order valence-electron chi connectivity index (χ2n) is 6.78. The minimum absolute atomic E-state index is 0.252. The number of hydrogen-bond donors (Lipinski definition) is 2. The Kier molecular flexibility index (Phi) is 6.42. The fraction of sp³-hybridized carbons (Fsp3) is 0.318. The summed E-state index contributed by atoms with van der Waals surface area (Å²) in [5, 5.41) is 13.7. The molecule has 0 aliphatic rings. The zero-order valence-electron chi connectivity index (χ0n) is 16.0. The predicted molar refractivity (Wildman–Crippen MR) is 111 cm³/mol. The number of nitrogens with zero attached hydrogens (tertiary/aromatic N) is 2. The first-order chi connectivity index (χ1) is 13.6. The van der Waals surface area contributed by atoms with E-state index in [1.807, 2.05) is 6.07 Å². The summed E-state index contributed by atoms with van der Waals surface area (Å²) in [4.78, 5) is 29.9. The van der Waals surface area contributed by atoms with Crippen molar-refractivity contribution in [1.82, 2.24) is 9.55 Å². The molecule has 0 fully saturated rings. The van der Waals surface area contributed by atoms with Crippen LogP contribution in [0.2, 0.25) is 0 Å². The quantitative estimate of drug-likeness (QED) is 0.571. The van der Waals surface area contributed by atoms with Crippen molar-refractivity contribution in [2.75, 3.05) is 5.32 Å². The first kappa shape index (κ1) is 19.6. The third-order valence-corrected chi connectivity index (χ3v) is 4.76. The molecule has 28 heavy (non-hydrogen) atoms. The van der Waals surface area contributed by atoms with Gasteiger partial charge in [-0.15, -0.1) is 0 Å². The van der Waals surface area contributed by atoms with E-state index in [1.54, 1.807) is 47.2 Å². The summed E-state index contributed by atoms with van der Waals surface area (Å²) in [6, 6.07) is 12.2. The third-order valence-electron chi connectivity index (χ3n) is 4.76. The molecule has 0 aliphatic heterocycles. The molecule has 0 spiro atoms. The average Bonchev–Trinajstić information content (AvgIpc) is 2.71. The van der Waals surface area contributed by atoms with Gasteiger partial charge in [0.1, 0.15) is 17.1 Å². The first-order valence-electron chi connectivity index (χ1n) is 9.70. The van der Waals surface area contributed by atoms with Crippen molar-refractivity contribution < 1.29 is 9.90 Å². The summed E-state index contributed by atoms with van der Waals surface area (Å²) in [5.74, 6) is -0.631. The fourth-order valence-electron chi connectivity index (χ4n) is 3.31. The number of rotatable bonds is 8. The average molecular weight is 379 g/mol. The van der Waals surface area contributed by atoms with Crippen molar-refractivity contribution in [3.8, 4) is 5.75 Å². The van der Waals surface area contributed by atoms with Crippen molar-refractivity contribution in [2.24, 2.45) is 0 Å². The molecule has 0 saturated carbocycles. The first-order valence-corrected chi connectivity index (χ1v) is 9.70. The highest BCUT2D eigenvalue weighted by Gasteiger charge is 2.22. The van der Waals surface area contributed by atoms with Gasteiger partial charge in [0.25, 0.3) is 11.5 Å². The topological polar surface area (TPSA) is 84.2 Å². The zero-order chi connectivity index (χ0) is 19.9. The monoisotopic (exact) mass is 379 g/mol. The summed E-state index contributed by atoms with van der Waals surface area (Å²) in [6.45, 7) is 2.66. The summed E-state index contributed by atoms with van der Waals surface area (Å²) in [5.41, 5.74) is -0.104. The van der Waals surface area contributed by atoms with Gasteiger partial charge in [-0.25, -0.2) is 4.98 Å². The highest BCUT2D eigenvalue weighted by Crippen LogP contribution is 2.27. The van der Waals surface area contributed by atoms with E-state index in [2.05, 4.69) is 17.2 Å². The molecular weight excluding hydrogens is 354 g/mol. The van der Waals surface area contributed by atoms with E-state index in [-0.39, 0.29) is 11.3 Å². The lowest BCUT2D eigenvalue weighted by Gasteiger charge is -2.15. The maximum Gasteiger partial charge on any atom is 0.267 e. The van der Waals surface area contributed by atoms with Crippen LogP contribution in [0.4, 0.5) is 5.82 Å². The van der Waals surface area contributed by atoms with Crippen LogP contribution in [-0.4, -0.2) is 20.6 Å². The minimum atomic E-state index is -0.660. The van der Waals surface area contributed by atoms with Gasteiger partial charge in [-0.1, -0.05) is 50.8 Å². The molecule has 0 aliphatic carbocycles. The Balaban J connectivity index is 1.98. The Morgan fingerprint density at radius 3 is 2.57 bits per heavy atom. The predicted octanol–water partition coefficient (Wildman–Crippen LogP) is 4.32. The van der Waals surface area contributed by atoms with Crippen LogP contribution in [0.5, 0.6) is 5.75 Å². The molecule has 146 valence electrons. The number of benzene rings is 1. The number of anilines is 1. The van der Waals surface area contributed by atoms with E-state index < -0.39 is 11.5 Å². The van der Waals surface area contributed by atoms with Gasteiger partial charge in [0.15, 0.2) is 0 Å². The van der Waals surface area contributed by atoms with Gasteiger partial charge in [0, 0.05) is 18.1 Å². The van der Waals surface area contributed by atoms with E-state index in [0.29, 0.717) is 23.3 Å². The molecule has 3 aromatic rings. The molecular formula is C22H25N3O3. The SMILES string of the molecule is CCCCCCCn1c(=O)c(C(=O)Nc2ccccn2)c(O)c2ccccc21. The maximum atomic E-state index is 13.1. The van der Waals surface area contributed by atoms with Gasteiger partial charge in [-0.05, 0) is 30.7 Å². The maximum absolute atomic E-state index is 13.1. The van der Waals surface area contributed by atoms with Gasteiger partial charge in [0.05, 0.1) is 5.52 Å². The van der Waals surface area contributed by atoms with Gasteiger partial charge < -0.3 is 15.0 Å². The van der Waals surface area contributed by atoms with Crippen molar-refractivity contribution in [1.29, 1.82) is 0 Å². The number of fused-ring (bicyclic) bond motifs is 1. The molecule has 2 N–H and O–H groups in total. The van der Waals surface area contributed by atoms with E-state index in [1.165, 1.54) is 6.42 Å². The van der Waals surface area contributed by atoms with Crippen LogP contribution in [-0.2, 0) is 6.54 Å². The number of nitrogens with one attached hydrogen (secondary N) is 1. The number of amides is 1. The lowest BCUT2D eigenvalue weighted by Crippen LogP contribution is -2.30. The molecule has 6 heteroatoms. The Bertz CT molecular complexity index is 1010. The van der Waals surface area contributed by atoms with Crippen LogP contribution in [0.25, 0.3) is 10.9 Å². The minimum Gasteiger partial charge on any atom is -0.506 e. The van der Waals surface area contributed by atoms with Crippen LogP contribution in [0.1, 0.15) is 49.4 Å². The van der Waals surface area contributed by atoms with Crippen LogP contribution < -0.4 is 10.9 Å². The number of aromatic nitrogens is 2. The summed E-state index contributed by atoms with van der Waals surface area (Å²) in [7, 11) is 0. The lowest BCUT2D eigenvalue weighted by molar-refractivity contribution is 0.102. The molecule has 6 nitrogen and oxygen atoms in total. The lowest BCUT2D eigenvalue weighted by atomic mass is 10.1. The second-order valence-corrected chi connectivity index (χ2v) is 6.78. The van der Waals surface area contributed by atoms with E-state index in [4.69, 9.17) is 0 Å². The van der Waals surface area contributed by atoms with E-state index >= 15 is 0 Å². The molecule has 0 bridgehead atoms.